The van der Waals surface area contributed by atoms with E-state index >= 15 is 0 Å². The average molecular weight is 292 g/mol. The highest BCUT2D eigenvalue weighted by molar-refractivity contribution is 8.13. The van der Waals surface area contributed by atoms with Crippen LogP contribution in [-0.4, -0.2) is 34.5 Å². The lowest BCUT2D eigenvalue weighted by atomic mass is 10.2. The molecule has 0 aliphatic heterocycles. The van der Waals surface area contributed by atoms with E-state index in [1.54, 1.807) is 6.07 Å². The highest BCUT2D eigenvalue weighted by Crippen LogP contribution is 2.25. The van der Waals surface area contributed by atoms with Crippen LogP contribution >= 0.6 is 23.5 Å². The van der Waals surface area contributed by atoms with Gasteiger partial charge in [-0.3, -0.25) is 4.79 Å². The molecular weight excluding hydrogens is 278 g/mol. The van der Waals surface area contributed by atoms with Crippen LogP contribution in [0.25, 0.3) is 0 Å². The van der Waals surface area contributed by atoms with Crippen molar-refractivity contribution in [2.75, 3.05) is 12.0 Å². The first-order chi connectivity index (χ1) is 8.56. The molecule has 0 radical (unpaired) electrons. The first-order valence-corrected chi connectivity index (χ1v) is 7.54. The van der Waals surface area contributed by atoms with Gasteiger partial charge in [-0.15, -0.1) is 0 Å². The predicted octanol–water partition coefficient (Wildman–Crippen LogP) is 2.90. The second kappa shape index (κ2) is 7.76. The molecule has 1 rings (SSSR count). The summed E-state index contributed by atoms with van der Waals surface area (Å²) in [6.07, 6.45) is -1.28. The minimum Gasteiger partial charge on any atom is -0.390 e. The molecule has 100 valence electrons. The second-order valence-corrected chi connectivity index (χ2v) is 5.63. The van der Waals surface area contributed by atoms with E-state index in [0.29, 0.717) is 17.5 Å². The van der Waals surface area contributed by atoms with E-state index in [2.05, 4.69) is 0 Å². The number of carbonyl (C=O) groups is 1. The number of aliphatic hydroxyl groups excluding tert-OH is 1. The lowest BCUT2D eigenvalue weighted by molar-refractivity contribution is -0.118. The second-order valence-electron chi connectivity index (χ2n) is 3.60. The minimum atomic E-state index is -1.98. The molecule has 2 nitrogen and oxygen atoms in total. The Morgan fingerprint density at radius 3 is 2.72 bits per heavy atom. The van der Waals surface area contributed by atoms with Gasteiger partial charge >= 0.3 is 0 Å². The Balaban J connectivity index is 2.57. The van der Waals surface area contributed by atoms with Crippen molar-refractivity contribution in [2.45, 2.75) is 23.6 Å². The van der Waals surface area contributed by atoms with Gasteiger partial charge in [0.25, 0.3) is 0 Å². The van der Waals surface area contributed by atoms with Gasteiger partial charge < -0.3 is 5.11 Å². The Hall–Kier alpha value is -0.590. The molecule has 0 saturated heterocycles. The van der Waals surface area contributed by atoms with Crippen LogP contribution in [0.4, 0.5) is 8.78 Å². The average Bonchev–Trinajstić information content (AvgIpc) is 2.37. The number of halogens is 2. The zero-order valence-corrected chi connectivity index (χ0v) is 11.4. The van der Waals surface area contributed by atoms with E-state index in [4.69, 9.17) is 0 Å². The van der Waals surface area contributed by atoms with Crippen LogP contribution in [0.1, 0.15) is 6.42 Å². The maximum absolute atomic E-state index is 13.6. The van der Waals surface area contributed by atoms with Crippen LogP contribution < -0.4 is 0 Å². The molecule has 0 saturated carbocycles. The van der Waals surface area contributed by atoms with Gasteiger partial charge in [-0.25, -0.2) is 8.78 Å². The number of benzene rings is 1. The number of aliphatic hydroxyl groups is 1. The summed E-state index contributed by atoms with van der Waals surface area (Å²) in [6, 6.07) is 5.66. The molecule has 0 aliphatic carbocycles. The maximum Gasteiger partial charge on any atom is 0.230 e. The first kappa shape index (κ1) is 15.5. The van der Waals surface area contributed by atoms with Crippen LogP contribution in [0.5, 0.6) is 0 Å². The van der Waals surface area contributed by atoms with Gasteiger partial charge in [0.05, 0.1) is 11.0 Å². The Kier molecular flexibility index (Phi) is 6.67. The van der Waals surface area contributed by atoms with Gasteiger partial charge in [-0.05, 0) is 42.3 Å². The molecule has 1 aromatic carbocycles. The molecule has 0 spiro atoms. The molecule has 6 heteroatoms. The van der Waals surface area contributed by atoms with Crippen molar-refractivity contribution in [3.63, 3.8) is 0 Å². The monoisotopic (exact) mass is 292 g/mol. The first-order valence-electron chi connectivity index (χ1n) is 5.33. The third kappa shape index (κ3) is 4.59. The zero-order chi connectivity index (χ0) is 13.5. The van der Waals surface area contributed by atoms with E-state index in [0.717, 1.165) is 0 Å². The van der Waals surface area contributed by atoms with Crippen LogP contribution in [0, 0.1) is 5.82 Å². The smallest absolute Gasteiger partial charge is 0.230 e. The third-order valence-electron chi connectivity index (χ3n) is 2.23. The lowest BCUT2D eigenvalue weighted by Crippen LogP contribution is -2.28. The normalized spacial score (nSPS) is 14.2. The van der Waals surface area contributed by atoms with Gasteiger partial charge in [0.2, 0.25) is 5.12 Å². The summed E-state index contributed by atoms with van der Waals surface area (Å²) in [6.45, 7) is 0. The fourth-order valence-corrected chi connectivity index (χ4v) is 2.51. The van der Waals surface area contributed by atoms with Crippen molar-refractivity contribution in [3.8, 4) is 0 Å². The van der Waals surface area contributed by atoms with Crippen LogP contribution in [-0.2, 0) is 4.79 Å². The largest absolute Gasteiger partial charge is 0.390 e. The summed E-state index contributed by atoms with van der Waals surface area (Å²) in [7, 11) is 0. The Bertz CT molecular complexity index is 401. The number of hydrogen-bond acceptors (Lipinski definition) is 4. The Labute approximate surface area is 113 Å². The van der Waals surface area contributed by atoms with Gasteiger partial charge in [-0.1, -0.05) is 12.1 Å². The van der Waals surface area contributed by atoms with Crippen molar-refractivity contribution in [1.82, 2.24) is 0 Å². The van der Waals surface area contributed by atoms with E-state index in [-0.39, 0.29) is 11.3 Å². The maximum atomic E-state index is 13.6. The van der Waals surface area contributed by atoms with Crippen molar-refractivity contribution in [1.29, 1.82) is 0 Å². The van der Waals surface area contributed by atoms with Crippen molar-refractivity contribution in [3.05, 3.63) is 30.1 Å². The number of alkyl halides is 1. The SMILES string of the molecule is CSCC[C@H](O)[C@H](F)C(=O)Sc1ccccc1F. The lowest BCUT2D eigenvalue weighted by Gasteiger charge is -2.13. The molecule has 1 aromatic rings. The summed E-state index contributed by atoms with van der Waals surface area (Å²) in [5.41, 5.74) is 0. The number of rotatable bonds is 6. The van der Waals surface area contributed by atoms with Crippen molar-refractivity contribution in [2.24, 2.45) is 0 Å². The summed E-state index contributed by atoms with van der Waals surface area (Å²) in [5.74, 6) is 0.000769. The molecule has 18 heavy (non-hydrogen) atoms. The van der Waals surface area contributed by atoms with Crippen LogP contribution in [0.2, 0.25) is 0 Å². The molecule has 1 N–H and O–H groups in total. The van der Waals surface area contributed by atoms with E-state index in [9.17, 15) is 18.7 Å². The topological polar surface area (TPSA) is 37.3 Å². The fraction of sp³-hybridized carbons (Fsp3) is 0.417. The number of thioether (sulfide) groups is 2. The number of carbonyl (C=O) groups excluding carboxylic acids is 1. The molecule has 0 heterocycles. The Morgan fingerprint density at radius 2 is 2.11 bits per heavy atom. The zero-order valence-electron chi connectivity index (χ0n) is 9.81. The molecule has 0 fully saturated rings. The molecule has 0 aromatic heterocycles. The van der Waals surface area contributed by atoms with Crippen molar-refractivity contribution < 1.29 is 18.7 Å². The fourth-order valence-electron chi connectivity index (χ4n) is 1.23. The minimum absolute atomic E-state index is 0.0715. The van der Waals surface area contributed by atoms with Gasteiger partial charge in [0, 0.05) is 0 Å². The Morgan fingerprint density at radius 1 is 1.44 bits per heavy atom. The molecule has 0 amide bonds. The highest BCUT2D eigenvalue weighted by atomic mass is 32.2. The predicted molar refractivity (Wildman–Crippen MR) is 71.2 cm³/mol. The molecular formula is C12H14F2O2S2. The standard InChI is InChI=1S/C12H14F2O2S2/c1-17-7-6-9(15)11(14)12(16)18-10-5-3-2-4-8(10)13/h2-5,9,11,15H,6-7H2,1H3/t9-,11-/m0/s1. The highest BCUT2D eigenvalue weighted by Gasteiger charge is 2.27. The summed E-state index contributed by atoms with van der Waals surface area (Å²) < 4.78 is 26.8. The van der Waals surface area contributed by atoms with E-state index in [1.165, 1.54) is 30.0 Å². The van der Waals surface area contributed by atoms with E-state index < -0.39 is 23.2 Å². The van der Waals surface area contributed by atoms with E-state index in [1.807, 2.05) is 6.26 Å². The number of hydrogen-bond donors (Lipinski definition) is 1. The molecule has 0 aliphatic rings. The third-order valence-corrected chi connectivity index (χ3v) is 3.85. The van der Waals surface area contributed by atoms with Crippen molar-refractivity contribution >= 4 is 28.6 Å². The van der Waals surface area contributed by atoms with Crippen LogP contribution in [0.3, 0.4) is 0 Å². The van der Waals surface area contributed by atoms with Gasteiger partial charge in [0.15, 0.2) is 6.17 Å². The van der Waals surface area contributed by atoms with Gasteiger partial charge in [0.1, 0.15) is 5.82 Å². The molecule has 2 atom stereocenters. The summed E-state index contributed by atoms with van der Waals surface area (Å²) in [4.78, 5) is 11.6. The molecule has 0 bridgehead atoms. The summed E-state index contributed by atoms with van der Waals surface area (Å²) >= 11 is 1.95. The van der Waals surface area contributed by atoms with Crippen LogP contribution in [0.15, 0.2) is 29.2 Å². The van der Waals surface area contributed by atoms with Gasteiger partial charge in [-0.2, -0.15) is 11.8 Å². The quantitative estimate of drug-likeness (QED) is 0.818. The summed E-state index contributed by atoms with van der Waals surface area (Å²) in [5, 5.41) is 8.58. The molecule has 0 unspecified atom stereocenters.